The van der Waals surface area contributed by atoms with Crippen molar-refractivity contribution >= 4 is 34.1 Å². The molecule has 0 saturated carbocycles. The van der Waals surface area contributed by atoms with Gasteiger partial charge in [0, 0.05) is 28.7 Å². The number of hydrogen-bond acceptors (Lipinski definition) is 2. The van der Waals surface area contributed by atoms with Crippen LogP contribution in [0.1, 0.15) is 17.5 Å². The number of amides is 1. The Labute approximate surface area is 178 Å². The van der Waals surface area contributed by atoms with E-state index in [-0.39, 0.29) is 41.1 Å². The van der Waals surface area contributed by atoms with Crippen LogP contribution in [0.4, 0.5) is 23.2 Å². The van der Waals surface area contributed by atoms with Gasteiger partial charge in [0.25, 0.3) is 5.91 Å². The van der Waals surface area contributed by atoms with Gasteiger partial charge in [0.15, 0.2) is 0 Å². The number of nitrogens with one attached hydrogen (secondary N) is 2. The third kappa shape index (κ3) is 4.20. The van der Waals surface area contributed by atoms with Crippen LogP contribution < -0.4 is 10.3 Å². The Hall–Kier alpha value is -3.14. The van der Waals surface area contributed by atoms with E-state index in [4.69, 9.17) is 11.6 Å². The first-order valence-corrected chi connectivity index (χ1v) is 9.66. The Balaban J connectivity index is 1.49. The molecule has 1 aromatic heterocycles. The smallest absolute Gasteiger partial charge is 0.361 e. The summed E-state index contributed by atoms with van der Waals surface area (Å²) in [5.74, 6) is -1.12. The fraction of sp³-hybridized carbons (Fsp3) is 0.250. The number of carbonyl (C=O) groups is 1. The van der Waals surface area contributed by atoms with Crippen molar-refractivity contribution in [3.63, 3.8) is 0 Å². The number of aromatic nitrogens is 1. The van der Waals surface area contributed by atoms with Crippen LogP contribution >= 0.6 is 11.6 Å². The van der Waals surface area contributed by atoms with Gasteiger partial charge < -0.3 is 10.3 Å². The van der Waals surface area contributed by atoms with Crippen molar-refractivity contribution in [3.05, 3.63) is 69.5 Å². The van der Waals surface area contributed by atoms with Crippen LogP contribution in [0, 0.1) is 10.7 Å². The lowest BCUT2D eigenvalue weighted by atomic mass is 10.1. The van der Waals surface area contributed by atoms with E-state index in [0.29, 0.717) is 10.4 Å². The quantitative estimate of drug-likeness (QED) is 0.447. The van der Waals surface area contributed by atoms with Crippen molar-refractivity contribution in [2.75, 3.05) is 11.6 Å². The molecule has 0 bridgehead atoms. The van der Waals surface area contributed by atoms with Crippen molar-refractivity contribution in [3.8, 4) is 0 Å². The third-order valence-corrected chi connectivity index (χ3v) is 5.30. The number of hydrazine groups is 1. The first-order chi connectivity index (χ1) is 14.6. The molecule has 6 nitrogen and oxygen atoms in total. The maximum absolute atomic E-state index is 13.4. The molecule has 2 aromatic carbocycles. The average Bonchev–Trinajstić information content (AvgIpc) is 3.28. The molecule has 2 N–H and O–H groups in total. The maximum Gasteiger partial charge on any atom is 0.418 e. The highest BCUT2D eigenvalue weighted by atomic mass is 35.5. The summed E-state index contributed by atoms with van der Waals surface area (Å²) >= 11 is 5.78. The van der Waals surface area contributed by atoms with Gasteiger partial charge in [-0.3, -0.25) is 4.79 Å². The molecule has 1 saturated heterocycles. The van der Waals surface area contributed by atoms with E-state index >= 15 is 0 Å². The number of H-pyrrole nitrogens is 1. The first kappa shape index (κ1) is 21.1. The fourth-order valence-corrected chi connectivity index (χ4v) is 3.86. The summed E-state index contributed by atoms with van der Waals surface area (Å²) in [7, 11) is 0. The van der Waals surface area contributed by atoms with E-state index in [1.807, 2.05) is 0 Å². The Morgan fingerprint density at radius 1 is 1.26 bits per heavy atom. The van der Waals surface area contributed by atoms with E-state index in [2.05, 4.69) is 10.3 Å². The lowest BCUT2D eigenvalue weighted by Crippen LogP contribution is -2.41. The SMILES string of the molecule is O=C(NCc1cc(F)cc(Cl)c1)C1CCN(c2ccc3[nH]cc(C(F)(F)F)c3c2)[N+]1=O. The standard InChI is InChI=1S/C20H15ClF4N4O2/c21-12-5-11(6-13(22)7-12)9-27-19(30)18-3-4-28(29(18)31)14-1-2-17-15(8-14)16(10-26-17)20(23,24)25/h1-2,5-8,10,18,26H,3-4,9H2/p+1. The second-order valence-corrected chi connectivity index (χ2v) is 7.59. The molecular weight excluding hydrogens is 440 g/mol. The Kier molecular flexibility index (Phi) is 5.34. The van der Waals surface area contributed by atoms with Crippen molar-refractivity contribution in [2.24, 2.45) is 0 Å². The lowest BCUT2D eigenvalue weighted by molar-refractivity contribution is -0.564. The Bertz CT molecular complexity index is 1160. The van der Waals surface area contributed by atoms with Gasteiger partial charge in [-0.05, 0) is 42.0 Å². The number of benzene rings is 2. The zero-order valence-electron chi connectivity index (χ0n) is 15.8. The molecule has 0 spiro atoms. The predicted molar refractivity (Wildman–Crippen MR) is 106 cm³/mol. The van der Waals surface area contributed by atoms with Crippen LogP contribution in [0.15, 0.2) is 42.6 Å². The molecule has 1 atom stereocenters. The summed E-state index contributed by atoms with van der Waals surface area (Å²) in [5, 5.41) is 3.90. The number of carbonyl (C=O) groups excluding carboxylic acids is 1. The lowest BCUT2D eigenvalue weighted by Gasteiger charge is -2.10. The summed E-state index contributed by atoms with van der Waals surface area (Å²) in [6.45, 7) is 0.134. The Morgan fingerprint density at radius 2 is 2.03 bits per heavy atom. The van der Waals surface area contributed by atoms with Gasteiger partial charge in [0.05, 0.1) is 23.4 Å². The van der Waals surface area contributed by atoms with E-state index < -0.39 is 29.5 Å². The number of nitrogens with zero attached hydrogens (tertiary/aromatic N) is 2. The minimum Gasteiger partial charge on any atom is -0.361 e. The van der Waals surface area contributed by atoms with Gasteiger partial charge in [0.2, 0.25) is 0 Å². The summed E-state index contributed by atoms with van der Waals surface area (Å²) in [6.07, 6.45) is -3.49. The highest BCUT2D eigenvalue weighted by Gasteiger charge is 2.46. The number of nitroso groups, excluding NO2 is 1. The zero-order valence-corrected chi connectivity index (χ0v) is 16.6. The van der Waals surface area contributed by atoms with Crippen LogP contribution in [0.2, 0.25) is 5.02 Å². The number of anilines is 1. The van der Waals surface area contributed by atoms with E-state index in [0.717, 1.165) is 12.3 Å². The van der Waals surface area contributed by atoms with Gasteiger partial charge in [-0.25, -0.2) is 4.39 Å². The molecule has 11 heteroatoms. The number of aromatic amines is 1. The molecule has 3 aromatic rings. The number of halogens is 5. The maximum atomic E-state index is 13.4. The molecule has 0 radical (unpaired) electrons. The highest BCUT2D eigenvalue weighted by Crippen LogP contribution is 2.37. The monoisotopic (exact) mass is 455 g/mol. The van der Waals surface area contributed by atoms with Crippen LogP contribution in [-0.2, 0) is 17.5 Å². The summed E-state index contributed by atoms with van der Waals surface area (Å²) in [6, 6.07) is 7.01. The minimum atomic E-state index is -4.54. The topological polar surface area (TPSA) is 68.2 Å². The Morgan fingerprint density at radius 3 is 2.74 bits per heavy atom. The largest absolute Gasteiger partial charge is 0.418 e. The first-order valence-electron chi connectivity index (χ1n) is 9.28. The molecule has 2 heterocycles. The molecule has 162 valence electrons. The van der Waals surface area contributed by atoms with Crippen LogP contribution in [0.5, 0.6) is 0 Å². The molecule has 0 aliphatic carbocycles. The molecule has 4 rings (SSSR count). The van der Waals surface area contributed by atoms with E-state index in [1.54, 1.807) is 0 Å². The van der Waals surface area contributed by atoms with Crippen molar-refractivity contribution in [1.82, 2.24) is 10.3 Å². The van der Waals surface area contributed by atoms with Gasteiger partial charge in [-0.15, -0.1) is 5.01 Å². The average molecular weight is 456 g/mol. The summed E-state index contributed by atoms with van der Waals surface area (Å²) < 4.78 is 53.0. The predicted octanol–water partition coefficient (Wildman–Crippen LogP) is 4.57. The van der Waals surface area contributed by atoms with Crippen molar-refractivity contribution in [2.45, 2.75) is 25.2 Å². The molecular formula is C20H16ClF4N4O2+. The van der Waals surface area contributed by atoms with Gasteiger partial charge in [-0.2, -0.15) is 13.2 Å². The van der Waals surface area contributed by atoms with E-state index in [9.17, 15) is 27.3 Å². The highest BCUT2D eigenvalue weighted by molar-refractivity contribution is 6.30. The van der Waals surface area contributed by atoms with Crippen LogP contribution in [0.25, 0.3) is 10.9 Å². The fourth-order valence-electron chi connectivity index (χ4n) is 3.62. The normalized spacial score (nSPS) is 16.9. The van der Waals surface area contributed by atoms with Crippen molar-refractivity contribution < 1.29 is 27.2 Å². The van der Waals surface area contributed by atoms with Gasteiger partial charge in [0.1, 0.15) is 16.4 Å². The second-order valence-electron chi connectivity index (χ2n) is 7.16. The van der Waals surface area contributed by atoms with Crippen molar-refractivity contribution in [1.29, 1.82) is 0 Å². The van der Waals surface area contributed by atoms with Crippen LogP contribution in [-0.4, -0.2) is 28.3 Å². The van der Waals surface area contributed by atoms with Gasteiger partial charge >= 0.3 is 12.2 Å². The number of hydrogen-bond donors (Lipinski definition) is 2. The zero-order chi connectivity index (χ0) is 22.3. The molecule has 31 heavy (non-hydrogen) atoms. The minimum absolute atomic E-state index is 0.0229. The molecule has 1 aliphatic heterocycles. The van der Waals surface area contributed by atoms with Crippen LogP contribution in [0.3, 0.4) is 0 Å². The molecule has 1 unspecified atom stereocenters. The molecule has 1 fully saturated rings. The summed E-state index contributed by atoms with van der Waals surface area (Å²) in [5.41, 5.74) is 0.142. The molecule has 1 amide bonds. The molecule has 1 aliphatic rings. The number of rotatable bonds is 4. The summed E-state index contributed by atoms with van der Waals surface area (Å²) in [4.78, 5) is 28.2. The second kappa shape index (κ2) is 7.84. The number of fused-ring (bicyclic) bond motifs is 1. The van der Waals surface area contributed by atoms with E-state index in [1.165, 1.54) is 35.3 Å². The number of alkyl halides is 3. The van der Waals surface area contributed by atoms with Gasteiger partial charge in [-0.1, -0.05) is 11.6 Å². The third-order valence-electron chi connectivity index (χ3n) is 5.08.